The highest BCUT2D eigenvalue weighted by Gasteiger charge is 2.25. The van der Waals surface area contributed by atoms with Gasteiger partial charge in [-0.2, -0.15) is 0 Å². The van der Waals surface area contributed by atoms with Gasteiger partial charge < -0.3 is 19.7 Å². The zero-order chi connectivity index (χ0) is 26.9. The van der Waals surface area contributed by atoms with Crippen LogP contribution in [0.1, 0.15) is 23.3 Å². The largest absolute Gasteiger partial charge is 0.480 e. The first-order valence-corrected chi connectivity index (χ1v) is 15.5. The van der Waals surface area contributed by atoms with E-state index in [1.54, 1.807) is 23.6 Å². The van der Waals surface area contributed by atoms with Crippen LogP contribution in [0, 0.1) is 6.92 Å². The number of piperidine rings is 1. The van der Waals surface area contributed by atoms with Gasteiger partial charge in [-0.1, -0.05) is 0 Å². The van der Waals surface area contributed by atoms with E-state index in [0.717, 1.165) is 54.6 Å². The van der Waals surface area contributed by atoms with Crippen molar-refractivity contribution >= 4 is 43.2 Å². The van der Waals surface area contributed by atoms with Crippen LogP contribution in [-0.2, 0) is 21.3 Å². The molecule has 0 aromatic carbocycles. The Hall–Kier alpha value is -2.58. The normalized spacial score (nSPS) is 17.7. The number of anilines is 2. The van der Waals surface area contributed by atoms with Crippen molar-refractivity contribution in [1.29, 1.82) is 0 Å². The van der Waals surface area contributed by atoms with Crippen LogP contribution in [0.5, 0.6) is 5.88 Å². The van der Waals surface area contributed by atoms with Crippen LogP contribution in [0.15, 0.2) is 12.3 Å². The average molecular weight is 562 g/mol. The Balaban J connectivity index is 1.61. The van der Waals surface area contributed by atoms with Crippen molar-refractivity contribution < 1.29 is 17.9 Å². The van der Waals surface area contributed by atoms with Crippen LogP contribution >= 0.6 is 11.3 Å². The Bertz CT molecular complexity index is 1400. The summed E-state index contributed by atoms with van der Waals surface area (Å²) in [5.41, 5.74) is 3.87. The lowest BCUT2D eigenvalue weighted by Gasteiger charge is -2.31. The number of likely N-dealkylation sites (tertiary alicyclic amines) is 1. The number of hydrogen-bond donors (Lipinski definition) is 2. The van der Waals surface area contributed by atoms with Crippen molar-refractivity contribution in [2.24, 2.45) is 0 Å². The summed E-state index contributed by atoms with van der Waals surface area (Å²) in [6.07, 6.45) is 5.04. The molecule has 5 heterocycles. The third-order valence-electron chi connectivity index (χ3n) is 7.10. The fourth-order valence-electron chi connectivity index (χ4n) is 5.03. The summed E-state index contributed by atoms with van der Waals surface area (Å²) >= 11 is 1.67. The van der Waals surface area contributed by atoms with Crippen molar-refractivity contribution in [1.82, 2.24) is 25.2 Å². The van der Waals surface area contributed by atoms with Crippen molar-refractivity contribution in [2.45, 2.75) is 32.4 Å². The number of ether oxygens (including phenoxy) is 2. The lowest BCUT2D eigenvalue weighted by Crippen LogP contribution is -2.40. The summed E-state index contributed by atoms with van der Waals surface area (Å²) in [6, 6.07) is 2.31. The maximum atomic E-state index is 12.0. The molecule has 2 aliphatic rings. The highest BCUT2D eigenvalue weighted by molar-refractivity contribution is 7.92. The maximum Gasteiger partial charge on any atom is 0.238 e. The number of aryl methyl sites for hydroxylation is 1. The molecule has 11 nitrogen and oxygen atoms in total. The molecule has 13 heteroatoms. The van der Waals surface area contributed by atoms with Crippen LogP contribution < -0.4 is 19.7 Å². The van der Waals surface area contributed by atoms with Crippen molar-refractivity contribution in [3.63, 3.8) is 0 Å². The van der Waals surface area contributed by atoms with E-state index in [9.17, 15) is 8.42 Å². The van der Waals surface area contributed by atoms with Crippen molar-refractivity contribution in [3.05, 3.63) is 22.7 Å². The van der Waals surface area contributed by atoms with E-state index in [2.05, 4.69) is 31.7 Å². The lowest BCUT2D eigenvalue weighted by molar-refractivity contribution is 0.122. The van der Waals surface area contributed by atoms with Gasteiger partial charge in [0.05, 0.1) is 42.5 Å². The van der Waals surface area contributed by atoms with E-state index >= 15 is 0 Å². The molecular weight excluding hydrogens is 526 g/mol. The van der Waals surface area contributed by atoms with E-state index in [1.165, 1.54) is 17.6 Å². The summed E-state index contributed by atoms with van der Waals surface area (Å²) in [7, 11) is -0.0372. The van der Waals surface area contributed by atoms with Gasteiger partial charge in [0.15, 0.2) is 0 Å². The predicted octanol–water partition coefficient (Wildman–Crippen LogP) is 2.46. The first kappa shape index (κ1) is 27.0. The van der Waals surface area contributed by atoms with Gasteiger partial charge in [0.25, 0.3) is 0 Å². The van der Waals surface area contributed by atoms with Gasteiger partial charge in [-0.3, -0.25) is 9.62 Å². The van der Waals surface area contributed by atoms with Gasteiger partial charge in [0, 0.05) is 47.9 Å². The quantitative estimate of drug-likeness (QED) is 0.424. The van der Waals surface area contributed by atoms with E-state index in [0.29, 0.717) is 43.9 Å². The molecule has 0 aliphatic carbocycles. The molecule has 3 aromatic rings. The Labute approximate surface area is 227 Å². The zero-order valence-corrected chi connectivity index (χ0v) is 23.9. The van der Waals surface area contributed by atoms with Crippen molar-refractivity contribution in [3.8, 4) is 17.1 Å². The second kappa shape index (κ2) is 11.3. The van der Waals surface area contributed by atoms with Gasteiger partial charge in [-0.05, 0) is 46.0 Å². The zero-order valence-electron chi connectivity index (χ0n) is 22.3. The topological polar surface area (TPSA) is 122 Å². The molecule has 2 saturated heterocycles. The molecule has 0 bridgehead atoms. The number of sulfonamides is 1. The minimum atomic E-state index is -3.53. The molecule has 0 atom stereocenters. The van der Waals surface area contributed by atoms with E-state index in [-0.39, 0.29) is 11.6 Å². The molecule has 0 spiro atoms. The van der Waals surface area contributed by atoms with Crippen LogP contribution in [0.2, 0.25) is 0 Å². The highest BCUT2D eigenvalue weighted by Crippen LogP contribution is 2.39. The molecular formula is C25H35N7O4S2. The molecule has 38 heavy (non-hydrogen) atoms. The first-order chi connectivity index (χ1) is 18.3. The number of methoxy groups -OCH3 is 1. The number of rotatable bonds is 8. The molecule has 3 aromatic heterocycles. The molecule has 2 fully saturated rings. The van der Waals surface area contributed by atoms with Gasteiger partial charge >= 0.3 is 0 Å². The third-order valence-corrected chi connectivity index (χ3v) is 8.84. The molecule has 0 unspecified atom stereocenters. The van der Waals surface area contributed by atoms with Crippen LogP contribution in [0.25, 0.3) is 21.5 Å². The summed E-state index contributed by atoms with van der Waals surface area (Å²) in [6.45, 7) is 7.73. The van der Waals surface area contributed by atoms with Gasteiger partial charge in [0.1, 0.15) is 5.69 Å². The first-order valence-electron chi connectivity index (χ1n) is 12.8. The number of nitrogens with one attached hydrogen (secondary N) is 2. The second-order valence-electron chi connectivity index (χ2n) is 9.78. The number of fused-ring (bicyclic) bond motifs is 1. The summed E-state index contributed by atoms with van der Waals surface area (Å²) < 4.78 is 38.4. The van der Waals surface area contributed by atoms with E-state index in [1.807, 2.05) is 7.05 Å². The number of pyridine rings is 1. The Morgan fingerprint density at radius 1 is 1.18 bits per heavy atom. The minimum Gasteiger partial charge on any atom is -0.480 e. The van der Waals surface area contributed by atoms with Crippen molar-refractivity contribution in [2.75, 3.05) is 69.4 Å². The number of nitrogens with zero attached hydrogens (tertiary/aromatic N) is 5. The molecule has 0 radical (unpaired) electrons. The molecule has 2 N–H and O–H groups in total. The van der Waals surface area contributed by atoms with Crippen LogP contribution in [-0.4, -0.2) is 94.1 Å². The Morgan fingerprint density at radius 3 is 2.58 bits per heavy atom. The number of thiophene rings is 1. The molecule has 2 aliphatic heterocycles. The molecule has 206 valence electrons. The number of hydrogen-bond acceptors (Lipinski definition) is 11. The standard InChI is InChI=1S/C25H35N7O4S2/c1-16-19(15-31-7-5-18(26-2)6-8-31)22-23(37-16)21(28-25(29-22)32-9-11-36-12-10-32)17-13-20(30-38(4,33)34)24(35-3)27-14-17/h13-14,18,26,30H,5-12,15H2,1-4H3. The van der Waals surface area contributed by atoms with E-state index in [4.69, 9.17) is 19.4 Å². The Morgan fingerprint density at radius 2 is 1.92 bits per heavy atom. The fraction of sp³-hybridized carbons (Fsp3) is 0.560. The monoisotopic (exact) mass is 561 g/mol. The summed E-state index contributed by atoms with van der Waals surface area (Å²) in [5, 5.41) is 3.40. The lowest BCUT2D eigenvalue weighted by atomic mass is 10.0. The predicted molar refractivity (Wildman–Crippen MR) is 151 cm³/mol. The van der Waals surface area contributed by atoms with Crippen LogP contribution in [0.4, 0.5) is 11.6 Å². The summed E-state index contributed by atoms with van der Waals surface area (Å²) in [4.78, 5) is 20.3. The third kappa shape index (κ3) is 5.86. The number of morpholine rings is 1. The number of aromatic nitrogens is 3. The SMILES string of the molecule is CNC1CCN(Cc2c(C)sc3c(-c4cnc(OC)c(NS(C)(=O)=O)c4)nc(N4CCOCC4)nc23)CC1. The minimum absolute atomic E-state index is 0.200. The highest BCUT2D eigenvalue weighted by atomic mass is 32.2. The fourth-order valence-corrected chi connectivity index (χ4v) is 6.69. The van der Waals surface area contributed by atoms with E-state index < -0.39 is 10.0 Å². The van der Waals surface area contributed by atoms with Crippen LogP contribution in [0.3, 0.4) is 0 Å². The summed E-state index contributed by atoms with van der Waals surface area (Å²) in [5.74, 6) is 0.850. The van der Waals surface area contributed by atoms with Gasteiger partial charge in [-0.25, -0.2) is 23.4 Å². The second-order valence-corrected chi connectivity index (χ2v) is 12.8. The average Bonchev–Trinajstić information content (AvgIpc) is 3.22. The smallest absolute Gasteiger partial charge is 0.238 e. The van der Waals surface area contributed by atoms with Gasteiger partial charge in [-0.15, -0.1) is 11.3 Å². The Kier molecular flexibility index (Phi) is 8.00. The van der Waals surface area contributed by atoms with Gasteiger partial charge in [0.2, 0.25) is 21.9 Å². The maximum absolute atomic E-state index is 12.0. The molecule has 0 saturated carbocycles. The molecule has 5 rings (SSSR count). The molecule has 0 amide bonds.